The second-order valence-corrected chi connectivity index (χ2v) is 6.04. The smallest absolute Gasteiger partial charge is 0.327 e. The Morgan fingerprint density at radius 2 is 2.25 bits per heavy atom. The summed E-state index contributed by atoms with van der Waals surface area (Å²) in [4.78, 5) is 24.7. The van der Waals surface area contributed by atoms with Crippen LogP contribution in [0.1, 0.15) is 12.5 Å². The topological polar surface area (TPSA) is 66.8 Å². The minimum Gasteiger partial charge on any atom is -0.484 e. The van der Waals surface area contributed by atoms with Gasteiger partial charge in [-0.2, -0.15) is 0 Å². The molecule has 0 radical (unpaired) electrons. The van der Waals surface area contributed by atoms with Crippen LogP contribution < -0.4 is 4.74 Å². The molecule has 1 N–H and O–H groups in total. The highest BCUT2D eigenvalue weighted by Gasteiger charge is 2.39. The molecule has 0 saturated carbocycles. The van der Waals surface area contributed by atoms with Crippen LogP contribution >= 0.6 is 11.8 Å². The van der Waals surface area contributed by atoms with Gasteiger partial charge >= 0.3 is 5.97 Å². The number of aliphatic carboxylic acids is 1. The van der Waals surface area contributed by atoms with Crippen LogP contribution in [0.3, 0.4) is 0 Å². The van der Waals surface area contributed by atoms with E-state index in [-0.39, 0.29) is 17.9 Å². The summed E-state index contributed by atoms with van der Waals surface area (Å²) in [5, 5.41) is 8.99. The molecule has 1 heterocycles. The van der Waals surface area contributed by atoms with E-state index in [0.717, 1.165) is 5.56 Å². The van der Waals surface area contributed by atoms with Gasteiger partial charge in [-0.3, -0.25) is 4.79 Å². The summed E-state index contributed by atoms with van der Waals surface area (Å²) in [7, 11) is 0. The second kappa shape index (κ2) is 6.17. The van der Waals surface area contributed by atoms with Gasteiger partial charge in [0.2, 0.25) is 0 Å². The largest absolute Gasteiger partial charge is 0.484 e. The highest BCUT2D eigenvalue weighted by atomic mass is 32.2. The van der Waals surface area contributed by atoms with Crippen LogP contribution in [0.25, 0.3) is 0 Å². The van der Waals surface area contributed by atoms with Gasteiger partial charge in [0, 0.05) is 5.75 Å². The first-order chi connectivity index (χ1) is 9.49. The molecule has 6 heteroatoms. The monoisotopic (exact) mass is 295 g/mol. The summed E-state index contributed by atoms with van der Waals surface area (Å²) in [5.41, 5.74) is 1.04. The lowest BCUT2D eigenvalue weighted by Crippen LogP contribution is -2.46. The fraction of sp³-hybridized carbons (Fsp3) is 0.429. The van der Waals surface area contributed by atoms with Crippen LogP contribution in [0.5, 0.6) is 5.75 Å². The van der Waals surface area contributed by atoms with E-state index in [4.69, 9.17) is 9.84 Å². The molecule has 0 aliphatic carbocycles. The number of amides is 1. The van der Waals surface area contributed by atoms with Crippen LogP contribution in [0.2, 0.25) is 0 Å². The molecule has 5 nitrogen and oxygen atoms in total. The predicted octanol–water partition coefficient (Wildman–Crippen LogP) is 1.75. The van der Waals surface area contributed by atoms with Crippen molar-refractivity contribution in [2.24, 2.45) is 0 Å². The molecule has 0 bridgehead atoms. The van der Waals surface area contributed by atoms with Gasteiger partial charge in [-0.05, 0) is 31.5 Å². The van der Waals surface area contributed by atoms with Crippen molar-refractivity contribution in [3.05, 3.63) is 29.8 Å². The number of hydrogen-bond acceptors (Lipinski definition) is 4. The fourth-order valence-electron chi connectivity index (χ4n) is 2.14. The maximum absolute atomic E-state index is 12.2. The molecule has 0 spiro atoms. The van der Waals surface area contributed by atoms with Crippen molar-refractivity contribution in [2.45, 2.75) is 25.3 Å². The Bertz CT molecular complexity index is 520. The first kappa shape index (κ1) is 14.7. The number of carboxylic acids is 1. The van der Waals surface area contributed by atoms with E-state index in [1.54, 1.807) is 6.07 Å². The molecule has 1 aromatic rings. The minimum absolute atomic E-state index is 0.135. The highest BCUT2D eigenvalue weighted by molar-refractivity contribution is 8.00. The average molecular weight is 295 g/mol. The molecule has 2 unspecified atom stereocenters. The number of ether oxygens (including phenoxy) is 1. The van der Waals surface area contributed by atoms with E-state index < -0.39 is 12.0 Å². The Labute approximate surface area is 121 Å². The molecular weight excluding hydrogens is 278 g/mol. The van der Waals surface area contributed by atoms with Crippen molar-refractivity contribution in [3.8, 4) is 5.75 Å². The van der Waals surface area contributed by atoms with Crippen molar-refractivity contribution in [1.29, 1.82) is 0 Å². The number of nitrogens with zero attached hydrogens (tertiary/aromatic N) is 1. The number of aryl methyl sites for hydroxylation is 1. The van der Waals surface area contributed by atoms with Crippen LogP contribution in [-0.2, 0) is 9.59 Å². The Balaban J connectivity index is 1.99. The summed E-state index contributed by atoms with van der Waals surface area (Å²) < 4.78 is 5.44. The van der Waals surface area contributed by atoms with Crippen LogP contribution in [0.4, 0.5) is 0 Å². The van der Waals surface area contributed by atoms with Gasteiger partial charge in [-0.1, -0.05) is 12.1 Å². The van der Waals surface area contributed by atoms with Gasteiger partial charge in [-0.25, -0.2) is 4.79 Å². The van der Waals surface area contributed by atoms with E-state index in [2.05, 4.69) is 0 Å². The van der Waals surface area contributed by atoms with Crippen molar-refractivity contribution < 1.29 is 19.4 Å². The van der Waals surface area contributed by atoms with Gasteiger partial charge in [0.05, 0.1) is 5.37 Å². The molecule has 1 aromatic carbocycles. The number of benzene rings is 1. The zero-order valence-corrected chi connectivity index (χ0v) is 12.2. The molecule has 1 aliphatic rings. The van der Waals surface area contributed by atoms with Gasteiger partial charge in [0.15, 0.2) is 6.61 Å². The summed E-state index contributed by atoms with van der Waals surface area (Å²) >= 11 is 1.46. The number of hydrogen-bond donors (Lipinski definition) is 1. The SMILES string of the molecule is Cc1cccc(OCC(=O)N2C(C)SCC2C(=O)O)c1. The minimum atomic E-state index is -0.967. The fourth-order valence-corrected chi connectivity index (χ4v) is 3.33. The second-order valence-electron chi connectivity index (χ2n) is 4.69. The summed E-state index contributed by atoms with van der Waals surface area (Å²) in [5.74, 6) is -0.223. The molecule has 1 aliphatic heterocycles. The summed E-state index contributed by atoms with van der Waals surface area (Å²) in [6, 6.07) is 6.64. The van der Waals surface area contributed by atoms with E-state index in [0.29, 0.717) is 11.5 Å². The third kappa shape index (κ3) is 3.25. The van der Waals surface area contributed by atoms with E-state index in [1.807, 2.05) is 32.0 Å². The molecular formula is C14H17NO4S. The van der Waals surface area contributed by atoms with Crippen molar-refractivity contribution in [1.82, 2.24) is 4.90 Å². The Hall–Kier alpha value is -1.69. The van der Waals surface area contributed by atoms with Gasteiger partial charge in [-0.15, -0.1) is 11.8 Å². The predicted molar refractivity (Wildman–Crippen MR) is 76.9 cm³/mol. The first-order valence-electron chi connectivity index (χ1n) is 6.34. The van der Waals surface area contributed by atoms with Crippen molar-refractivity contribution in [3.63, 3.8) is 0 Å². The maximum atomic E-state index is 12.2. The zero-order valence-electron chi connectivity index (χ0n) is 11.4. The molecule has 108 valence electrons. The third-order valence-electron chi connectivity index (χ3n) is 3.15. The number of carbonyl (C=O) groups excluding carboxylic acids is 1. The first-order valence-corrected chi connectivity index (χ1v) is 7.39. The molecule has 1 amide bonds. The highest BCUT2D eigenvalue weighted by Crippen LogP contribution is 2.28. The lowest BCUT2D eigenvalue weighted by molar-refractivity contribution is -0.149. The Morgan fingerprint density at radius 3 is 2.90 bits per heavy atom. The Kier molecular flexibility index (Phi) is 4.54. The van der Waals surface area contributed by atoms with Gasteiger partial charge < -0.3 is 14.7 Å². The van der Waals surface area contributed by atoms with Gasteiger partial charge in [0.25, 0.3) is 5.91 Å². The van der Waals surface area contributed by atoms with Gasteiger partial charge in [0.1, 0.15) is 11.8 Å². The normalized spacial score (nSPS) is 21.8. The molecule has 1 saturated heterocycles. The average Bonchev–Trinajstić information content (AvgIpc) is 2.78. The van der Waals surface area contributed by atoms with E-state index in [1.165, 1.54) is 16.7 Å². The maximum Gasteiger partial charge on any atom is 0.327 e. The number of carbonyl (C=O) groups is 2. The Morgan fingerprint density at radius 1 is 1.50 bits per heavy atom. The molecule has 0 aromatic heterocycles. The van der Waals surface area contributed by atoms with Crippen molar-refractivity contribution >= 4 is 23.6 Å². The number of thioether (sulfide) groups is 1. The zero-order chi connectivity index (χ0) is 14.7. The lowest BCUT2D eigenvalue weighted by Gasteiger charge is -2.24. The lowest BCUT2D eigenvalue weighted by atomic mass is 10.2. The number of carboxylic acid groups (broad SMARTS) is 1. The van der Waals surface area contributed by atoms with Crippen LogP contribution in [-0.4, -0.2) is 45.7 Å². The summed E-state index contributed by atoms with van der Waals surface area (Å²) in [6.45, 7) is 3.63. The quantitative estimate of drug-likeness (QED) is 0.916. The molecule has 1 fully saturated rings. The molecule has 2 atom stereocenters. The third-order valence-corrected chi connectivity index (χ3v) is 4.37. The number of rotatable bonds is 4. The molecule has 2 rings (SSSR count). The van der Waals surface area contributed by atoms with E-state index in [9.17, 15) is 9.59 Å². The summed E-state index contributed by atoms with van der Waals surface area (Å²) in [6.07, 6.45) is 0. The van der Waals surface area contributed by atoms with E-state index >= 15 is 0 Å². The van der Waals surface area contributed by atoms with Crippen molar-refractivity contribution in [2.75, 3.05) is 12.4 Å². The van der Waals surface area contributed by atoms with Crippen LogP contribution in [0.15, 0.2) is 24.3 Å². The standard InChI is InChI=1S/C14H17NO4S/c1-9-4-3-5-11(6-9)19-7-13(16)15-10(2)20-8-12(15)14(17)18/h3-6,10,12H,7-8H2,1-2H3,(H,17,18). The molecule has 20 heavy (non-hydrogen) atoms. The van der Waals surface area contributed by atoms with Crippen LogP contribution in [0, 0.1) is 6.92 Å².